The van der Waals surface area contributed by atoms with Crippen LogP contribution in [0.15, 0.2) is 60.7 Å². The molecule has 0 radical (unpaired) electrons. The molecule has 1 amide bonds. The Bertz CT molecular complexity index is 1020. The SMILES string of the molecule is Cc1ccc(NC(=O)COc2cccc(CNc3ccc(Cl)cc3Cl)c2)cc1Cl. The first-order valence-electron chi connectivity index (χ1n) is 8.87. The summed E-state index contributed by atoms with van der Waals surface area (Å²) in [5.41, 5.74) is 3.36. The molecule has 0 aromatic heterocycles. The number of anilines is 2. The van der Waals surface area contributed by atoms with Crippen molar-refractivity contribution in [2.24, 2.45) is 0 Å². The van der Waals surface area contributed by atoms with Gasteiger partial charge in [-0.25, -0.2) is 0 Å². The van der Waals surface area contributed by atoms with E-state index >= 15 is 0 Å². The summed E-state index contributed by atoms with van der Waals surface area (Å²) in [7, 11) is 0. The third kappa shape index (κ3) is 6.29. The Morgan fingerprint density at radius 3 is 2.55 bits per heavy atom. The van der Waals surface area contributed by atoms with Gasteiger partial charge in [0.15, 0.2) is 6.61 Å². The molecule has 0 aliphatic rings. The maximum atomic E-state index is 12.1. The van der Waals surface area contributed by atoms with E-state index in [1.807, 2.05) is 37.3 Å². The standard InChI is InChI=1S/C22H19Cl3N2O2/c1-14-5-7-17(11-19(14)24)27-22(28)13-29-18-4-2-3-15(9-18)12-26-21-8-6-16(23)10-20(21)25/h2-11,26H,12-13H2,1H3,(H,27,28). The maximum Gasteiger partial charge on any atom is 0.262 e. The van der Waals surface area contributed by atoms with Crippen molar-refractivity contribution < 1.29 is 9.53 Å². The second-order valence-corrected chi connectivity index (χ2v) is 7.68. The molecular formula is C22H19Cl3N2O2. The number of rotatable bonds is 7. The topological polar surface area (TPSA) is 50.4 Å². The lowest BCUT2D eigenvalue weighted by Gasteiger charge is -2.11. The van der Waals surface area contributed by atoms with E-state index in [9.17, 15) is 4.79 Å². The van der Waals surface area contributed by atoms with Gasteiger partial charge in [-0.05, 0) is 60.5 Å². The summed E-state index contributed by atoms with van der Waals surface area (Å²) >= 11 is 18.2. The summed E-state index contributed by atoms with van der Waals surface area (Å²) in [5, 5.41) is 7.76. The predicted molar refractivity (Wildman–Crippen MR) is 121 cm³/mol. The van der Waals surface area contributed by atoms with E-state index in [2.05, 4.69) is 10.6 Å². The van der Waals surface area contributed by atoms with E-state index in [1.165, 1.54) is 0 Å². The smallest absolute Gasteiger partial charge is 0.262 e. The van der Waals surface area contributed by atoms with Gasteiger partial charge in [-0.2, -0.15) is 0 Å². The average molecular weight is 450 g/mol. The van der Waals surface area contributed by atoms with E-state index in [0.717, 1.165) is 16.8 Å². The summed E-state index contributed by atoms with van der Waals surface area (Å²) in [6.45, 7) is 2.35. The van der Waals surface area contributed by atoms with Crippen molar-refractivity contribution in [3.8, 4) is 5.75 Å². The summed E-state index contributed by atoms with van der Waals surface area (Å²) in [6.07, 6.45) is 0. The van der Waals surface area contributed by atoms with E-state index in [-0.39, 0.29) is 12.5 Å². The molecule has 0 aliphatic carbocycles. The second kappa shape index (κ2) is 9.88. The van der Waals surface area contributed by atoms with Gasteiger partial charge < -0.3 is 15.4 Å². The van der Waals surface area contributed by atoms with Gasteiger partial charge in [0, 0.05) is 22.3 Å². The molecular weight excluding hydrogens is 431 g/mol. The van der Waals surface area contributed by atoms with Gasteiger partial charge in [-0.1, -0.05) is 53.0 Å². The van der Waals surface area contributed by atoms with Crippen LogP contribution in [0.1, 0.15) is 11.1 Å². The minimum atomic E-state index is -0.263. The second-order valence-electron chi connectivity index (χ2n) is 6.43. The molecule has 3 aromatic rings. The number of hydrogen-bond donors (Lipinski definition) is 2. The molecule has 3 rings (SSSR count). The number of carbonyl (C=O) groups excluding carboxylic acids is 1. The quantitative estimate of drug-likeness (QED) is 0.428. The fourth-order valence-electron chi connectivity index (χ4n) is 2.59. The fourth-order valence-corrected chi connectivity index (χ4v) is 3.25. The molecule has 0 unspecified atom stereocenters. The van der Waals surface area contributed by atoms with Gasteiger partial charge in [0.05, 0.1) is 10.7 Å². The minimum Gasteiger partial charge on any atom is -0.484 e. The molecule has 0 saturated carbocycles. The van der Waals surface area contributed by atoms with E-state index < -0.39 is 0 Å². The molecule has 0 saturated heterocycles. The van der Waals surface area contributed by atoms with Crippen LogP contribution in [0.4, 0.5) is 11.4 Å². The van der Waals surface area contributed by atoms with Crippen LogP contribution in [-0.2, 0) is 11.3 Å². The highest BCUT2D eigenvalue weighted by Gasteiger charge is 2.06. The molecule has 0 fully saturated rings. The Labute approximate surface area is 184 Å². The summed E-state index contributed by atoms with van der Waals surface area (Å²) in [4.78, 5) is 12.1. The molecule has 0 aliphatic heterocycles. The molecule has 0 bridgehead atoms. The van der Waals surface area contributed by atoms with Crippen molar-refractivity contribution >= 4 is 52.1 Å². The van der Waals surface area contributed by atoms with Gasteiger partial charge >= 0.3 is 0 Å². The van der Waals surface area contributed by atoms with Gasteiger partial charge in [-0.15, -0.1) is 0 Å². The van der Waals surface area contributed by atoms with Gasteiger partial charge in [0.1, 0.15) is 5.75 Å². The molecule has 4 nitrogen and oxygen atoms in total. The van der Waals surface area contributed by atoms with E-state index in [0.29, 0.717) is 33.0 Å². The minimum absolute atomic E-state index is 0.106. The van der Waals surface area contributed by atoms with Gasteiger partial charge in [0.2, 0.25) is 0 Å². The Hall–Kier alpha value is -2.40. The fraction of sp³-hybridized carbons (Fsp3) is 0.136. The number of nitrogens with one attached hydrogen (secondary N) is 2. The van der Waals surface area contributed by atoms with Crippen molar-refractivity contribution in [3.63, 3.8) is 0 Å². The molecule has 29 heavy (non-hydrogen) atoms. The van der Waals surface area contributed by atoms with Crippen molar-refractivity contribution in [2.75, 3.05) is 17.2 Å². The molecule has 0 atom stereocenters. The predicted octanol–water partition coefficient (Wildman–Crippen LogP) is 6.58. The normalized spacial score (nSPS) is 10.5. The molecule has 7 heteroatoms. The van der Waals surface area contributed by atoms with Crippen LogP contribution >= 0.6 is 34.8 Å². The zero-order chi connectivity index (χ0) is 20.8. The number of benzene rings is 3. The highest BCUT2D eigenvalue weighted by molar-refractivity contribution is 6.36. The third-order valence-electron chi connectivity index (χ3n) is 4.14. The molecule has 2 N–H and O–H groups in total. The molecule has 150 valence electrons. The Morgan fingerprint density at radius 2 is 1.79 bits per heavy atom. The number of aryl methyl sites for hydroxylation is 1. The Balaban J connectivity index is 1.53. The van der Waals surface area contributed by atoms with Crippen LogP contribution in [0.25, 0.3) is 0 Å². The van der Waals surface area contributed by atoms with Crippen molar-refractivity contribution in [2.45, 2.75) is 13.5 Å². The van der Waals surface area contributed by atoms with Crippen LogP contribution < -0.4 is 15.4 Å². The Morgan fingerprint density at radius 1 is 0.966 bits per heavy atom. The number of carbonyl (C=O) groups is 1. The Kier molecular flexibility index (Phi) is 7.26. The van der Waals surface area contributed by atoms with Crippen LogP contribution in [0.3, 0.4) is 0 Å². The highest BCUT2D eigenvalue weighted by Crippen LogP contribution is 2.26. The average Bonchev–Trinajstić information content (AvgIpc) is 2.69. The molecule has 0 heterocycles. The first-order valence-corrected chi connectivity index (χ1v) is 10.0. The molecule has 0 spiro atoms. The van der Waals surface area contributed by atoms with Gasteiger partial charge in [-0.3, -0.25) is 4.79 Å². The van der Waals surface area contributed by atoms with Crippen LogP contribution in [-0.4, -0.2) is 12.5 Å². The largest absolute Gasteiger partial charge is 0.484 e. The van der Waals surface area contributed by atoms with Crippen LogP contribution in [0.5, 0.6) is 5.75 Å². The van der Waals surface area contributed by atoms with Crippen molar-refractivity contribution in [3.05, 3.63) is 86.9 Å². The first-order chi connectivity index (χ1) is 13.9. The van der Waals surface area contributed by atoms with Gasteiger partial charge in [0.25, 0.3) is 5.91 Å². The highest BCUT2D eigenvalue weighted by atomic mass is 35.5. The number of amides is 1. The third-order valence-corrected chi connectivity index (χ3v) is 5.09. The summed E-state index contributed by atoms with van der Waals surface area (Å²) in [5.74, 6) is 0.338. The number of ether oxygens (including phenoxy) is 1. The lowest BCUT2D eigenvalue weighted by atomic mass is 10.2. The summed E-state index contributed by atoms with van der Waals surface area (Å²) in [6, 6.07) is 18.1. The van der Waals surface area contributed by atoms with Crippen molar-refractivity contribution in [1.82, 2.24) is 0 Å². The lowest BCUT2D eigenvalue weighted by Crippen LogP contribution is -2.20. The van der Waals surface area contributed by atoms with Crippen LogP contribution in [0, 0.1) is 6.92 Å². The van der Waals surface area contributed by atoms with E-state index in [1.54, 1.807) is 30.3 Å². The number of hydrogen-bond acceptors (Lipinski definition) is 3. The van der Waals surface area contributed by atoms with E-state index in [4.69, 9.17) is 39.5 Å². The summed E-state index contributed by atoms with van der Waals surface area (Å²) < 4.78 is 5.61. The molecule has 3 aromatic carbocycles. The van der Waals surface area contributed by atoms with Crippen LogP contribution in [0.2, 0.25) is 15.1 Å². The zero-order valence-corrected chi connectivity index (χ0v) is 17.9. The maximum absolute atomic E-state index is 12.1. The first kappa shape index (κ1) is 21.3. The zero-order valence-electron chi connectivity index (χ0n) is 15.6. The number of halogens is 3. The lowest BCUT2D eigenvalue weighted by molar-refractivity contribution is -0.118. The monoisotopic (exact) mass is 448 g/mol. The van der Waals surface area contributed by atoms with Crippen molar-refractivity contribution in [1.29, 1.82) is 0 Å².